The Labute approximate surface area is 157 Å². The van der Waals surface area contributed by atoms with Crippen molar-refractivity contribution in [3.8, 4) is 17.6 Å². The van der Waals surface area contributed by atoms with Crippen LogP contribution in [0.3, 0.4) is 0 Å². The maximum Gasteiger partial charge on any atom is 0.229 e. The van der Waals surface area contributed by atoms with Crippen molar-refractivity contribution in [2.24, 2.45) is 5.73 Å². The van der Waals surface area contributed by atoms with Crippen LogP contribution in [0.4, 0.5) is 26.2 Å². The summed E-state index contributed by atoms with van der Waals surface area (Å²) in [5, 5.41) is 5.99. The molecule has 4 N–H and O–H groups in total. The van der Waals surface area contributed by atoms with E-state index in [0.717, 1.165) is 6.42 Å². The highest BCUT2D eigenvalue weighted by Gasteiger charge is 2.08. The Morgan fingerprint density at radius 2 is 2.15 bits per heavy atom. The Morgan fingerprint density at radius 1 is 1.30 bits per heavy atom. The lowest BCUT2D eigenvalue weighted by Crippen LogP contribution is -2.08. The van der Waals surface area contributed by atoms with Crippen LogP contribution in [-0.4, -0.2) is 36.8 Å². The van der Waals surface area contributed by atoms with Crippen molar-refractivity contribution in [3.63, 3.8) is 0 Å². The van der Waals surface area contributed by atoms with Gasteiger partial charge in [-0.15, -0.1) is 0 Å². The van der Waals surface area contributed by atoms with Gasteiger partial charge < -0.3 is 21.1 Å². The summed E-state index contributed by atoms with van der Waals surface area (Å²) in [7, 11) is 1.40. The number of alkyl halides is 1. The second kappa shape index (κ2) is 10.9. The third-order valence-corrected chi connectivity index (χ3v) is 3.53. The van der Waals surface area contributed by atoms with Crippen LogP contribution in [0, 0.1) is 17.7 Å². The zero-order chi connectivity index (χ0) is 19.5. The molecule has 2 rings (SSSR count). The molecule has 0 radical (unpaired) electrons. The largest absolute Gasteiger partial charge is 0.494 e. The fraction of sp³-hybridized carbons (Fsp3) is 0.368. The molecule has 6 nitrogen and oxygen atoms in total. The van der Waals surface area contributed by atoms with Gasteiger partial charge in [0, 0.05) is 24.7 Å². The quantitative estimate of drug-likeness (QED) is 0.461. The van der Waals surface area contributed by atoms with E-state index in [1.54, 1.807) is 12.3 Å². The molecule has 0 saturated heterocycles. The lowest BCUT2D eigenvalue weighted by Gasteiger charge is -2.11. The molecule has 0 atom stereocenters. The van der Waals surface area contributed by atoms with Gasteiger partial charge >= 0.3 is 0 Å². The highest BCUT2D eigenvalue weighted by Crippen LogP contribution is 2.23. The minimum Gasteiger partial charge on any atom is -0.494 e. The number of nitrogens with zero attached hydrogens (tertiary/aromatic N) is 2. The van der Waals surface area contributed by atoms with Gasteiger partial charge in [0.1, 0.15) is 5.82 Å². The summed E-state index contributed by atoms with van der Waals surface area (Å²) in [5.74, 6) is 6.44. The summed E-state index contributed by atoms with van der Waals surface area (Å²) in [6.45, 7) is 0.571. The number of hydrogen-bond acceptors (Lipinski definition) is 6. The van der Waals surface area contributed by atoms with Crippen molar-refractivity contribution in [1.29, 1.82) is 0 Å². The van der Waals surface area contributed by atoms with Crippen LogP contribution in [0.5, 0.6) is 5.75 Å². The molecule has 0 amide bonds. The Hall–Kier alpha value is -2.92. The molecule has 2 aromatic rings. The number of halogens is 2. The van der Waals surface area contributed by atoms with Crippen molar-refractivity contribution in [1.82, 2.24) is 9.97 Å². The van der Waals surface area contributed by atoms with Gasteiger partial charge in [-0.2, -0.15) is 4.98 Å². The van der Waals surface area contributed by atoms with Gasteiger partial charge in [-0.3, -0.25) is 4.39 Å². The molecule has 1 heterocycles. The molecule has 0 fully saturated rings. The molecule has 144 valence electrons. The van der Waals surface area contributed by atoms with Crippen LogP contribution < -0.4 is 21.1 Å². The highest BCUT2D eigenvalue weighted by molar-refractivity contribution is 5.60. The first kappa shape index (κ1) is 20.4. The monoisotopic (exact) mass is 375 g/mol. The predicted molar refractivity (Wildman–Crippen MR) is 103 cm³/mol. The van der Waals surface area contributed by atoms with E-state index in [4.69, 9.17) is 10.5 Å². The van der Waals surface area contributed by atoms with E-state index in [1.807, 2.05) is 0 Å². The smallest absolute Gasteiger partial charge is 0.229 e. The van der Waals surface area contributed by atoms with Crippen LogP contribution in [-0.2, 0) is 0 Å². The van der Waals surface area contributed by atoms with Crippen molar-refractivity contribution in [3.05, 3.63) is 35.8 Å². The topological polar surface area (TPSA) is 85.1 Å². The molecule has 1 aromatic heterocycles. The van der Waals surface area contributed by atoms with Crippen molar-refractivity contribution >= 4 is 17.5 Å². The fourth-order valence-electron chi connectivity index (χ4n) is 2.16. The van der Waals surface area contributed by atoms with Gasteiger partial charge in [0.05, 0.1) is 25.5 Å². The normalized spacial score (nSPS) is 10.1. The van der Waals surface area contributed by atoms with E-state index in [1.165, 1.54) is 19.2 Å². The third-order valence-electron chi connectivity index (χ3n) is 3.53. The molecule has 0 aliphatic carbocycles. The summed E-state index contributed by atoms with van der Waals surface area (Å²) < 4.78 is 31.1. The summed E-state index contributed by atoms with van der Waals surface area (Å²) >= 11 is 0. The molecule has 0 aliphatic rings. The molecule has 27 heavy (non-hydrogen) atoms. The van der Waals surface area contributed by atoms with Gasteiger partial charge in [0.15, 0.2) is 11.6 Å². The Morgan fingerprint density at radius 3 is 2.85 bits per heavy atom. The number of hydrogen-bond donors (Lipinski definition) is 3. The number of benzene rings is 1. The summed E-state index contributed by atoms with van der Waals surface area (Å²) in [5.41, 5.74) is 6.54. The minimum absolute atomic E-state index is 0.151. The third kappa shape index (κ3) is 6.38. The number of aromatic nitrogens is 2. The number of methoxy groups -OCH3 is 1. The number of anilines is 3. The Balaban J connectivity index is 2.19. The summed E-state index contributed by atoms with van der Waals surface area (Å²) in [6, 6.07) is 4.45. The maximum absolute atomic E-state index is 13.8. The molecule has 1 aromatic carbocycles. The van der Waals surface area contributed by atoms with Gasteiger partial charge in [-0.05, 0) is 31.5 Å². The number of nitrogens with one attached hydrogen (secondary N) is 2. The van der Waals surface area contributed by atoms with E-state index < -0.39 is 12.5 Å². The van der Waals surface area contributed by atoms with E-state index in [2.05, 4.69) is 32.4 Å². The maximum atomic E-state index is 13.8. The van der Waals surface area contributed by atoms with Crippen LogP contribution >= 0.6 is 0 Å². The zero-order valence-corrected chi connectivity index (χ0v) is 15.2. The van der Waals surface area contributed by atoms with E-state index in [-0.39, 0.29) is 11.7 Å². The van der Waals surface area contributed by atoms with Crippen molar-refractivity contribution in [2.75, 3.05) is 37.5 Å². The Bertz CT molecular complexity index is 804. The van der Waals surface area contributed by atoms with Crippen LogP contribution in [0.2, 0.25) is 0 Å². The number of unbranched alkanes of at least 4 members (excludes halogenated alkanes) is 1. The lowest BCUT2D eigenvalue weighted by atomic mass is 10.2. The van der Waals surface area contributed by atoms with Crippen LogP contribution in [0.15, 0.2) is 24.4 Å². The average Bonchev–Trinajstić information content (AvgIpc) is 2.67. The first-order valence-corrected chi connectivity index (χ1v) is 8.64. The molecule has 8 heteroatoms. The summed E-state index contributed by atoms with van der Waals surface area (Å²) in [4.78, 5) is 8.59. The molecular weight excluding hydrogens is 352 g/mol. The molecule has 0 spiro atoms. The number of nitrogens with two attached hydrogens (primary N) is 1. The van der Waals surface area contributed by atoms with Crippen LogP contribution in [0.25, 0.3) is 0 Å². The molecular formula is C19H23F2N5O. The number of rotatable bonds is 9. The van der Waals surface area contributed by atoms with E-state index in [9.17, 15) is 8.78 Å². The average molecular weight is 375 g/mol. The molecule has 0 saturated carbocycles. The van der Waals surface area contributed by atoms with Crippen molar-refractivity contribution in [2.45, 2.75) is 19.3 Å². The number of ether oxygens (including phenoxy) is 1. The minimum atomic E-state index is -0.494. The Kier molecular flexibility index (Phi) is 8.26. The van der Waals surface area contributed by atoms with E-state index >= 15 is 0 Å². The van der Waals surface area contributed by atoms with E-state index in [0.29, 0.717) is 43.0 Å². The second-order valence-electron chi connectivity index (χ2n) is 5.59. The molecule has 0 bridgehead atoms. The SMILES string of the molecule is COc1ccc(Nc2ncc(C#CCCCN)c(NCCCF)n2)cc1F. The standard InChI is InChI=1S/C19H23F2N5O/c1-27-17-8-7-15(12-16(17)21)25-19-24-13-14(6-3-2-4-10-22)18(26-19)23-11-5-9-20/h7-8,12-13H,2,4-5,9-11,22H2,1H3,(H2,23,24,25,26). The van der Waals surface area contributed by atoms with Crippen LogP contribution in [0.1, 0.15) is 24.8 Å². The lowest BCUT2D eigenvalue weighted by molar-refractivity contribution is 0.386. The van der Waals surface area contributed by atoms with Crippen molar-refractivity contribution < 1.29 is 13.5 Å². The molecule has 0 aliphatic heterocycles. The second-order valence-corrected chi connectivity index (χ2v) is 5.59. The first-order chi connectivity index (χ1) is 13.2. The van der Waals surface area contributed by atoms with Gasteiger partial charge in [0.2, 0.25) is 5.95 Å². The summed E-state index contributed by atoms with van der Waals surface area (Å²) in [6.07, 6.45) is 3.41. The first-order valence-electron chi connectivity index (χ1n) is 8.64. The van der Waals surface area contributed by atoms with Gasteiger partial charge in [-0.1, -0.05) is 11.8 Å². The molecule has 0 unspecified atom stereocenters. The highest BCUT2D eigenvalue weighted by atomic mass is 19.1. The van der Waals surface area contributed by atoms with Gasteiger partial charge in [0.25, 0.3) is 0 Å². The predicted octanol–water partition coefficient (Wildman–Crippen LogP) is 3.23. The zero-order valence-electron chi connectivity index (χ0n) is 15.2. The fourth-order valence-corrected chi connectivity index (χ4v) is 2.16. The van der Waals surface area contributed by atoms with Gasteiger partial charge in [-0.25, -0.2) is 9.37 Å².